The number of carbonyl (C=O) groups is 1. The van der Waals surface area contributed by atoms with E-state index in [4.69, 9.17) is 0 Å². The largest absolute Gasteiger partial charge is 0.356 e. The molecule has 1 unspecified atom stereocenters. The predicted molar refractivity (Wildman–Crippen MR) is 77.2 cm³/mol. The average molecular weight is 263 g/mol. The molecule has 2 heterocycles. The maximum atomic E-state index is 11.8. The van der Waals surface area contributed by atoms with E-state index in [2.05, 4.69) is 17.1 Å². The van der Waals surface area contributed by atoms with Gasteiger partial charge in [0.2, 0.25) is 0 Å². The van der Waals surface area contributed by atoms with Crippen LogP contribution < -0.4 is 5.32 Å². The number of amides is 1. The molecule has 1 saturated heterocycles. The minimum Gasteiger partial charge on any atom is -0.356 e. The fraction of sp³-hybridized carbons (Fsp3) is 0.667. The summed E-state index contributed by atoms with van der Waals surface area (Å²) in [6.45, 7) is 5.38. The summed E-state index contributed by atoms with van der Waals surface area (Å²) in [6.07, 6.45) is 8.77. The lowest BCUT2D eigenvalue weighted by atomic mass is 10.0. The number of piperidine rings is 1. The maximum absolute atomic E-state index is 11.8. The molecule has 0 bridgehead atoms. The number of nitrogens with one attached hydrogen (secondary N) is 1. The lowest BCUT2D eigenvalue weighted by molar-refractivity contribution is 0.0949. The zero-order valence-electron chi connectivity index (χ0n) is 12.1. The highest BCUT2D eigenvalue weighted by molar-refractivity contribution is 5.93. The van der Waals surface area contributed by atoms with Crippen LogP contribution in [0.2, 0.25) is 0 Å². The zero-order valence-corrected chi connectivity index (χ0v) is 12.1. The van der Waals surface area contributed by atoms with Crippen molar-refractivity contribution >= 4 is 5.91 Å². The summed E-state index contributed by atoms with van der Waals surface area (Å²) in [5.41, 5.74) is 0.744. The van der Waals surface area contributed by atoms with Gasteiger partial charge in [-0.15, -0.1) is 0 Å². The number of likely N-dealkylation sites (tertiary alicyclic amines) is 1. The van der Waals surface area contributed by atoms with Gasteiger partial charge in [0.05, 0.1) is 5.56 Å². The van der Waals surface area contributed by atoms with Crippen molar-refractivity contribution in [1.29, 1.82) is 0 Å². The number of carbonyl (C=O) groups excluding carboxylic acids is 1. The van der Waals surface area contributed by atoms with Crippen LogP contribution in [-0.4, -0.2) is 41.1 Å². The SMILES string of the molecule is CC1CCCCN1CCCNC(=O)c1ccn(C)c1. The van der Waals surface area contributed by atoms with Crippen molar-refractivity contribution in [3.63, 3.8) is 0 Å². The fourth-order valence-electron chi connectivity index (χ4n) is 2.71. The van der Waals surface area contributed by atoms with E-state index in [1.54, 1.807) is 0 Å². The Hall–Kier alpha value is -1.29. The van der Waals surface area contributed by atoms with Crippen LogP contribution in [0.15, 0.2) is 18.5 Å². The molecule has 4 nitrogen and oxygen atoms in total. The van der Waals surface area contributed by atoms with Crippen LogP contribution in [0.1, 0.15) is 43.0 Å². The Morgan fingerprint density at radius 2 is 2.32 bits per heavy atom. The van der Waals surface area contributed by atoms with Crippen LogP contribution in [0.25, 0.3) is 0 Å². The van der Waals surface area contributed by atoms with Crippen molar-refractivity contribution in [3.05, 3.63) is 24.0 Å². The Balaban J connectivity index is 1.65. The first-order valence-electron chi connectivity index (χ1n) is 7.31. The molecule has 0 radical (unpaired) electrons. The molecule has 1 aromatic rings. The van der Waals surface area contributed by atoms with Gasteiger partial charge in [-0.05, 0) is 38.8 Å². The van der Waals surface area contributed by atoms with E-state index in [0.717, 1.165) is 25.1 Å². The van der Waals surface area contributed by atoms with Gasteiger partial charge in [-0.25, -0.2) is 0 Å². The third-order valence-electron chi connectivity index (χ3n) is 3.94. The number of hydrogen-bond donors (Lipinski definition) is 1. The molecule has 0 spiro atoms. The topological polar surface area (TPSA) is 37.3 Å². The molecule has 1 fully saturated rings. The quantitative estimate of drug-likeness (QED) is 0.825. The Labute approximate surface area is 115 Å². The molecule has 1 aliphatic heterocycles. The van der Waals surface area contributed by atoms with Crippen molar-refractivity contribution in [2.24, 2.45) is 7.05 Å². The molecule has 1 atom stereocenters. The van der Waals surface area contributed by atoms with E-state index < -0.39 is 0 Å². The minimum absolute atomic E-state index is 0.0345. The Morgan fingerprint density at radius 1 is 1.47 bits per heavy atom. The highest BCUT2D eigenvalue weighted by Crippen LogP contribution is 2.16. The van der Waals surface area contributed by atoms with Crippen LogP contribution in [-0.2, 0) is 7.05 Å². The molecule has 19 heavy (non-hydrogen) atoms. The molecular formula is C15H25N3O. The number of rotatable bonds is 5. The van der Waals surface area contributed by atoms with E-state index in [-0.39, 0.29) is 5.91 Å². The third kappa shape index (κ3) is 4.10. The van der Waals surface area contributed by atoms with Crippen LogP contribution in [0.5, 0.6) is 0 Å². The normalized spacial score (nSPS) is 20.4. The molecule has 1 aromatic heterocycles. The molecule has 1 N–H and O–H groups in total. The second-order valence-corrected chi connectivity index (χ2v) is 5.56. The molecule has 1 amide bonds. The lowest BCUT2D eigenvalue weighted by Gasteiger charge is -2.33. The van der Waals surface area contributed by atoms with E-state index in [9.17, 15) is 4.79 Å². The second kappa shape index (κ2) is 6.75. The van der Waals surface area contributed by atoms with Gasteiger partial charge in [-0.2, -0.15) is 0 Å². The first-order chi connectivity index (χ1) is 9.16. The summed E-state index contributed by atoms with van der Waals surface area (Å²) in [5, 5.41) is 2.99. The predicted octanol–water partition coefficient (Wildman–Crippen LogP) is 2.02. The van der Waals surface area contributed by atoms with Gasteiger partial charge in [-0.1, -0.05) is 6.42 Å². The highest BCUT2D eigenvalue weighted by Gasteiger charge is 2.17. The third-order valence-corrected chi connectivity index (χ3v) is 3.94. The molecule has 1 aliphatic rings. The maximum Gasteiger partial charge on any atom is 0.252 e. The summed E-state index contributed by atoms with van der Waals surface area (Å²) >= 11 is 0. The van der Waals surface area contributed by atoms with E-state index >= 15 is 0 Å². The van der Waals surface area contributed by atoms with E-state index in [1.807, 2.05) is 30.1 Å². The number of nitrogens with zero attached hydrogens (tertiary/aromatic N) is 2. The van der Waals surface area contributed by atoms with Gasteiger partial charge < -0.3 is 14.8 Å². The molecule has 2 rings (SSSR count). The number of aromatic nitrogens is 1. The summed E-state index contributed by atoms with van der Waals surface area (Å²) in [4.78, 5) is 14.4. The standard InChI is InChI=1S/C15H25N3O/c1-13-6-3-4-9-18(13)10-5-8-16-15(19)14-7-11-17(2)12-14/h7,11-13H,3-6,8-10H2,1-2H3,(H,16,19). The molecule has 106 valence electrons. The van der Waals surface area contributed by atoms with Crippen molar-refractivity contribution in [2.75, 3.05) is 19.6 Å². The van der Waals surface area contributed by atoms with Crippen LogP contribution in [0, 0.1) is 0 Å². The van der Waals surface area contributed by atoms with Crippen molar-refractivity contribution in [2.45, 2.75) is 38.6 Å². The summed E-state index contributed by atoms with van der Waals surface area (Å²) in [6, 6.07) is 2.56. The highest BCUT2D eigenvalue weighted by atomic mass is 16.1. The van der Waals surface area contributed by atoms with Gasteiger partial charge in [0.15, 0.2) is 0 Å². The second-order valence-electron chi connectivity index (χ2n) is 5.56. The zero-order chi connectivity index (χ0) is 13.7. The lowest BCUT2D eigenvalue weighted by Crippen LogP contribution is -2.39. The van der Waals surface area contributed by atoms with Crippen LogP contribution in [0.4, 0.5) is 0 Å². The first kappa shape index (κ1) is 14.1. The molecule has 0 saturated carbocycles. The molecule has 0 aliphatic carbocycles. The number of hydrogen-bond acceptors (Lipinski definition) is 2. The Morgan fingerprint density at radius 3 is 3.00 bits per heavy atom. The van der Waals surface area contributed by atoms with Gasteiger partial charge in [0.25, 0.3) is 5.91 Å². The van der Waals surface area contributed by atoms with Crippen molar-refractivity contribution in [3.8, 4) is 0 Å². The first-order valence-corrected chi connectivity index (χ1v) is 7.31. The van der Waals surface area contributed by atoms with Crippen molar-refractivity contribution in [1.82, 2.24) is 14.8 Å². The van der Waals surface area contributed by atoms with E-state index in [1.165, 1.54) is 25.8 Å². The van der Waals surface area contributed by atoms with Gasteiger partial charge in [-0.3, -0.25) is 4.79 Å². The summed E-state index contributed by atoms with van der Waals surface area (Å²) < 4.78 is 1.89. The van der Waals surface area contributed by atoms with Crippen LogP contribution in [0.3, 0.4) is 0 Å². The fourth-order valence-corrected chi connectivity index (χ4v) is 2.71. The summed E-state index contributed by atoms with van der Waals surface area (Å²) in [5.74, 6) is 0.0345. The minimum atomic E-state index is 0.0345. The smallest absolute Gasteiger partial charge is 0.252 e. The molecular weight excluding hydrogens is 238 g/mol. The van der Waals surface area contributed by atoms with Gasteiger partial charge in [0, 0.05) is 38.6 Å². The molecule has 4 heteroatoms. The van der Waals surface area contributed by atoms with Gasteiger partial charge >= 0.3 is 0 Å². The summed E-state index contributed by atoms with van der Waals surface area (Å²) in [7, 11) is 1.93. The monoisotopic (exact) mass is 263 g/mol. The van der Waals surface area contributed by atoms with Crippen LogP contribution >= 0.6 is 0 Å². The van der Waals surface area contributed by atoms with Gasteiger partial charge in [0.1, 0.15) is 0 Å². The Kier molecular flexibility index (Phi) is 5.02. The number of aryl methyl sites for hydroxylation is 1. The van der Waals surface area contributed by atoms with E-state index in [0.29, 0.717) is 6.04 Å². The molecule has 0 aromatic carbocycles. The average Bonchev–Trinajstić information content (AvgIpc) is 2.83. The van der Waals surface area contributed by atoms with Crippen molar-refractivity contribution < 1.29 is 4.79 Å². The Bertz CT molecular complexity index is 413.